The third kappa shape index (κ3) is 4.14. The second-order valence-corrected chi connectivity index (χ2v) is 9.10. The van der Waals surface area contributed by atoms with Crippen LogP contribution in [0.5, 0.6) is 0 Å². The van der Waals surface area contributed by atoms with E-state index in [-0.39, 0.29) is 34.7 Å². The van der Waals surface area contributed by atoms with Crippen LogP contribution in [0.2, 0.25) is 0 Å². The second kappa shape index (κ2) is 5.93. The molecule has 130 valence electrons. The minimum atomic E-state index is -0.268. The lowest BCUT2D eigenvalue weighted by Crippen LogP contribution is -2.31. The summed E-state index contributed by atoms with van der Waals surface area (Å²) in [5.74, 6) is 0.667. The zero-order valence-corrected chi connectivity index (χ0v) is 15.5. The summed E-state index contributed by atoms with van der Waals surface area (Å²) in [6.45, 7) is 15.3. The van der Waals surface area contributed by atoms with Crippen molar-refractivity contribution in [3.05, 3.63) is 22.1 Å². The van der Waals surface area contributed by atoms with Gasteiger partial charge in [-0.2, -0.15) is 4.98 Å². The molecule has 1 aliphatic rings. The van der Waals surface area contributed by atoms with E-state index in [0.29, 0.717) is 11.5 Å². The number of nitrogens with zero attached hydrogens (tertiary/aromatic N) is 2. The van der Waals surface area contributed by atoms with Crippen LogP contribution in [0.4, 0.5) is 5.95 Å². The zero-order chi connectivity index (χ0) is 17.6. The van der Waals surface area contributed by atoms with Crippen molar-refractivity contribution in [2.45, 2.75) is 73.6 Å². The van der Waals surface area contributed by atoms with Gasteiger partial charge in [-0.15, -0.1) is 0 Å². The molecule has 0 saturated carbocycles. The average molecular weight is 321 g/mol. The molecule has 1 aromatic heterocycles. The summed E-state index contributed by atoms with van der Waals surface area (Å²) >= 11 is 0. The summed E-state index contributed by atoms with van der Waals surface area (Å²) in [5, 5.41) is 0. The maximum atomic E-state index is 11.6. The van der Waals surface area contributed by atoms with E-state index in [2.05, 4.69) is 46.5 Å². The summed E-state index contributed by atoms with van der Waals surface area (Å²) in [4.78, 5) is 15.5. The lowest BCUT2D eigenvalue weighted by atomic mass is 9.73. The molecular formula is C18H31N3O2. The Balaban J connectivity index is 2.33. The second-order valence-electron chi connectivity index (χ2n) is 9.10. The van der Waals surface area contributed by atoms with E-state index in [1.807, 2.05) is 4.57 Å². The van der Waals surface area contributed by atoms with E-state index in [1.54, 1.807) is 13.1 Å². The Bertz CT molecular complexity index is 623. The topological polar surface area (TPSA) is 70.1 Å². The van der Waals surface area contributed by atoms with Gasteiger partial charge in [-0.1, -0.05) is 41.5 Å². The molecule has 0 bridgehead atoms. The van der Waals surface area contributed by atoms with Crippen LogP contribution >= 0.6 is 0 Å². The minimum Gasteiger partial charge on any atom is -0.369 e. The van der Waals surface area contributed by atoms with Gasteiger partial charge in [0.05, 0.1) is 6.10 Å². The molecule has 2 rings (SSSR count). The van der Waals surface area contributed by atoms with Gasteiger partial charge in [0.1, 0.15) is 6.23 Å². The summed E-state index contributed by atoms with van der Waals surface area (Å²) in [5.41, 5.74) is 6.65. The van der Waals surface area contributed by atoms with Crippen LogP contribution in [0.15, 0.2) is 11.0 Å². The van der Waals surface area contributed by atoms with Crippen LogP contribution in [0.3, 0.4) is 0 Å². The number of aryl methyl sites for hydroxylation is 1. The first kappa shape index (κ1) is 18.0. The van der Waals surface area contributed by atoms with Crippen LogP contribution in [-0.2, 0) is 4.74 Å². The van der Waals surface area contributed by atoms with Crippen molar-refractivity contribution in [1.82, 2.24) is 9.55 Å². The van der Waals surface area contributed by atoms with Crippen molar-refractivity contribution in [2.24, 2.45) is 16.7 Å². The largest absolute Gasteiger partial charge is 0.369 e. The molecule has 1 aliphatic heterocycles. The van der Waals surface area contributed by atoms with E-state index in [9.17, 15) is 4.79 Å². The lowest BCUT2D eigenvalue weighted by Gasteiger charge is -2.34. The van der Waals surface area contributed by atoms with Gasteiger partial charge in [-0.3, -0.25) is 9.36 Å². The van der Waals surface area contributed by atoms with E-state index in [4.69, 9.17) is 10.5 Å². The Labute approximate surface area is 139 Å². The molecule has 0 spiro atoms. The normalized spacial score (nSPS) is 25.8. The van der Waals surface area contributed by atoms with Gasteiger partial charge in [0, 0.05) is 11.8 Å². The molecule has 1 unspecified atom stereocenters. The van der Waals surface area contributed by atoms with Gasteiger partial charge in [0.25, 0.3) is 5.56 Å². The van der Waals surface area contributed by atoms with E-state index < -0.39 is 0 Å². The summed E-state index contributed by atoms with van der Waals surface area (Å²) < 4.78 is 8.20. The molecule has 0 aliphatic carbocycles. The fraction of sp³-hybridized carbons (Fsp3) is 0.778. The van der Waals surface area contributed by atoms with Crippen LogP contribution in [0.25, 0.3) is 0 Å². The number of ether oxygens (including phenoxy) is 1. The molecule has 5 heteroatoms. The van der Waals surface area contributed by atoms with Gasteiger partial charge >= 0.3 is 0 Å². The standard InChI is InChI=1S/C18H31N3O2/c1-11-10-21(16(19)20-15(11)22)14-8-12(18(5,6)7)13(23-14)9-17(2,3)4/h10,12-14H,8-9H2,1-7H3,(H2,19,20,22)/t12?,13-,14-/m1/s1. The third-order valence-electron chi connectivity index (χ3n) is 4.62. The molecule has 0 aromatic carbocycles. The highest BCUT2D eigenvalue weighted by molar-refractivity contribution is 5.21. The molecule has 1 aromatic rings. The fourth-order valence-corrected chi connectivity index (χ4v) is 3.42. The summed E-state index contributed by atoms with van der Waals surface area (Å²) in [6.07, 6.45) is 3.68. The molecule has 2 N–H and O–H groups in total. The Morgan fingerprint density at radius 2 is 1.91 bits per heavy atom. The van der Waals surface area contributed by atoms with Crippen LogP contribution < -0.4 is 11.3 Å². The van der Waals surface area contributed by atoms with Crippen molar-refractivity contribution in [1.29, 1.82) is 0 Å². The van der Waals surface area contributed by atoms with E-state index in [0.717, 1.165) is 12.8 Å². The smallest absolute Gasteiger partial charge is 0.277 e. The number of hydrogen-bond acceptors (Lipinski definition) is 4. The lowest BCUT2D eigenvalue weighted by molar-refractivity contribution is -0.0319. The van der Waals surface area contributed by atoms with Gasteiger partial charge in [-0.05, 0) is 36.5 Å². The number of nitrogens with two attached hydrogens (primary N) is 1. The van der Waals surface area contributed by atoms with Gasteiger partial charge < -0.3 is 10.5 Å². The molecule has 23 heavy (non-hydrogen) atoms. The highest BCUT2D eigenvalue weighted by Crippen LogP contribution is 2.47. The van der Waals surface area contributed by atoms with Crippen molar-refractivity contribution < 1.29 is 4.74 Å². The number of hydrogen-bond donors (Lipinski definition) is 1. The minimum absolute atomic E-state index is 0.154. The predicted molar refractivity (Wildman–Crippen MR) is 93.2 cm³/mol. The Morgan fingerprint density at radius 3 is 2.43 bits per heavy atom. The van der Waals surface area contributed by atoms with Crippen molar-refractivity contribution in [3.8, 4) is 0 Å². The number of anilines is 1. The average Bonchev–Trinajstić information content (AvgIpc) is 2.75. The predicted octanol–water partition coefficient (Wildman–Crippen LogP) is 3.52. The molecule has 1 fully saturated rings. The maximum absolute atomic E-state index is 11.6. The van der Waals surface area contributed by atoms with Gasteiger partial charge in [0.2, 0.25) is 5.95 Å². The van der Waals surface area contributed by atoms with Crippen molar-refractivity contribution >= 4 is 5.95 Å². The SMILES string of the molecule is Cc1cn([C@H]2CC(C(C)(C)C)[C@@H](CC(C)(C)C)O2)c(N)nc1=O. The number of nitrogen functional groups attached to an aromatic ring is 1. The number of rotatable bonds is 2. The molecule has 0 amide bonds. The van der Waals surface area contributed by atoms with Gasteiger partial charge in [-0.25, -0.2) is 0 Å². The molecule has 2 heterocycles. The quantitative estimate of drug-likeness (QED) is 0.904. The van der Waals surface area contributed by atoms with E-state index >= 15 is 0 Å². The highest BCUT2D eigenvalue weighted by atomic mass is 16.5. The first-order chi connectivity index (χ1) is 10.4. The first-order valence-electron chi connectivity index (χ1n) is 8.39. The van der Waals surface area contributed by atoms with Crippen LogP contribution in [0, 0.1) is 23.7 Å². The maximum Gasteiger partial charge on any atom is 0.277 e. The number of aromatic nitrogens is 2. The molecule has 3 atom stereocenters. The first-order valence-corrected chi connectivity index (χ1v) is 8.39. The Kier molecular flexibility index (Phi) is 4.64. The van der Waals surface area contributed by atoms with Crippen LogP contribution in [-0.4, -0.2) is 15.7 Å². The monoisotopic (exact) mass is 321 g/mol. The van der Waals surface area contributed by atoms with Crippen LogP contribution in [0.1, 0.15) is 66.2 Å². The molecule has 0 radical (unpaired) electrons. The summed E-state index contributed by atoms with van der Waals surface area (Å²) in [7, 11) is 0. The molecule has 5 nitrogen and oxygen atoms in total. The van der Waals surface area contributed by atoms with Gasteiger partial charge in [0.15, 0.2) is 0 Å². The molecular weight excluding hydrogens is 290 g/mol. The highest BCUT2D eigenvalue weighted by Gasteiger charge is 2.43. The third-order valence-corrected chi connectivity index (χ3v) is 4.62. The van der Waals surface area contributed by atoms with E-state index in [1.165, 1.54) is 0 Å². The van der Waals surface area contributed by atoms with Crippen molar-refractivity contribution in [2.75, 3.05) is 5.73 Å². The Morgan fingerprint density at radius 1 is 1.30 bits per heavy atom. The zero-order valence-electron chi connectivity index (χ0n) is 15.5. The Hall–Kier alpha value is -1.36. The fourth-order valence-electron chi connectivity index (χ4n) is 3.42. The van der Waals surface area contributed by atoms with Crippen molar-refractivity contribution in [3.63, 3.8) is 0 Å². The summed E-state index contributed by atoms with van der Waals surface area (Å²) in [6, 6.07) is 0. The molecule has 1 saturated heterocycles.